The Morgan fingerprint density at radius 3 is 2.17 bits per heavy atom. The third kappa shape index (κ3) is 4.52. The van der Waals surface area contributed by atoms with Crippen molar-refractivity contribution in [3.8, 4) is 0 Å². The summed E-state index contributed by atoms with van der Waals surface area (Å²) in [6, 6.07) is 0. The lowest BCUT2D eigenvalue weighted by molar-refractivity contribution is 0.481. The molecule has 1 rings (SSSR count). The Kier molecular flexibility index (Phi) is 4.95. The predicted octanol–water partition coefficient (Wildman–Crippen LogP) is 5.61. The SMILES string of the molecule is C=CCCC1(C)C=CC=CC(C)(CC(=C)C)C=C1. The van der Waals surface area contributed by atoms with Crippen LogP contribution in [0.25, 0.3) is 0 Å². The summed E-state index contributed by atoms with van der Waals surface area (Å²) in [5.41, 5.74) is 1.45. The molecule has 0 spiro atoms. The van der Waals surface area contributed by atoms with Crippen molar-refractivity contribution in [2.45, 2.75) is 40.0 Å². The van der Waals surface area contributed by atoms with Crippen LogP contribution in [0.3, 0.4) is 0 Å². The smallest absolute Gasteiger partial charge is 0.00729 e. The van der Waals surface area contributed by atoms with Crippen LogP contribution in [0, 0.1) is 10.8 Å². The second kappa shape index (κ2) is 6.04. The van der Waals surface area contributed by atoms with E-state index in [1.807, 2.05) is 6.08 Å². The van der Waals surface area contributed by atoms with Crippen molar-refractivity contribution < 1.29 is 0 Å². The number of hydrogen-bond acceptors (Lipinski definition) is 0. The molecule has 18 heavy (non-hydrogen) atoms. The minimum atomic E-state index is 0.0893. The maximum Gasteiger partial charge on any atom is 0.00729 e. The van der Waals surface area contributed by atoms with Gasteiger partial charge in [-0.2, -0.15) is 0 Å². The first kappa shape index (κ1) is 14.8. The van der Waals surface area contributed by atoms with Gasteiger partial charge in [0.15, 0.2) is 0 Å². The summed E-state index contributed by atoms with van der Waals surface area (Å²) >= 11 is 0. The summed E-state index contributed by atoms with van der Waals surface area (Å²) in [6.07, 6.45) is 18.7. The zero-order chi connectivity index (χ0) is 13.6. The summed E-state index contributed by atoms with van der Waals surface area (Å²) < 4.78 is 0. The van der Waals surface area contributed by atoms with E-state index in [1.165, 1.54) is 5.57 Å². The van der Waals surface area contributed by atoms with Gasteiger partial charge in [-0.1, -0.05) is 62.0 Å². The molecule has 1 aliphatic rings. The lowest BCUT2D eigenvalue weighted by Gasteiger charge is -2.28. The van der Waals surface area contributed by atoms with E-state index in [0.29, 0.717) is 0 Å². The van der Waals surface area contributed by atoms with Crippen molar-refractivity contribution in [2.75, 3.05) is 0 Å². The summed E-state index contributed by atoms with van der Waals surface area (Å²) in [5, 5.41) is 0. The maximum absolute atomic E-state index is 4.04. The van der Waals surface area contributed by atoms with Crippen molar-refractivity contribution in [2.24, 2.45) is 10.8 Å². The van der Waals surface area contributed by atoms with Crippen LogP contribution in [-0.2, 0) is 0 Å². The van der Waals surface area contributed by atoms with E-state index in [0.717, 1.165) is 19.3 Å². The van der Waals surface area contributed by atoms with Gasteiger partial charge in [0.25, 0.3) is 0 Å². The molecule has 0 bridgehead atoms. The molecule has 0 saturated heterocycles. The second-order valence-electron chi connectivity index (χ2n) is 6.02. The Hall–Kier alpha value is -1.30. The van der Waals surface area contributed by atoms with Gasteiger partial charge in [0.05, 0.1) is 0 Å². The van der Waals surface area contributed by atoms with E-state index < -0.39 is 0 Å². The molecule has 0 amide bonds. The normalized spacial score (nSPS) is 30.8. The van der Waals surface area contributed by atoms with Gasteiger partial charge in [-0.25, -0.2) is 0 Å². The van der Waals surface area contributed by atoms with Crippen LogP contribution in [-0.4, -0.2) is 0 Å². The largest absolute Gasteiger partial charge is 0.103 e. The molecule has 0 N–H and O–H groups in total. The maximum atomic E-state index is 4.04. The van der Waals surface area contributed by atoms with Gasteiger partial charge < -0.3 is 0 Å². The lowest BCUT2D eigenvalue weighted by Crippen LogP contribution is -2.15. The molecule has 0 saturated carbocycles. The van der Waals surface area contributed by atoms with E-state index in [9.17, 15) is 0 Å². The second-order valence-corrected chi connectivity index (χ2v) is 6.02. The molecule has 0 heterocycles. The molecule has 1 aliphatic carbocycles. The molecule has 0 aromatic heterocycles. The van der Waals surface area contributed by atoms with Gasteiger partial charge in [-0.3, -0.25) is 0 Å². The zero-order valence-corrected chi connectivity index (χ0v) is 12.1. The number of allylic oxidation sites excluding steroid dienone is 8. The molecule has 0 aromatic carbocycles. The van der Waals surface area contributed by atoms with Gasteiger partial charge in [0.1, 0.15) is 0 Å². The van der Waals surface area contributed by atoms with E-state index in [2.05, 4.69) is 70.4 Å². The Morgan fingerprint density at radius 1 is 1.06 bits per heavy atom. The third-order valence-corrected chi connectivity index (χ3v) is 3.48. The minimum absolute atomic E-state index is 0.0893. The predicted molar refractivity (Wildman–Crippen MR) is 82.5 cm³/mol. The zero-order valence-electron chi connectivity index (χ0n) is 12.1. The van der Waals surface area contributed by atoms with Gasteiger partial charge in [0, 0.05) is 10.8 Å². The molecule has 0 heteroatoms. The van der Waals surface area contributed by atoms with Crippen LogP contribution < -0.4 is 0 Å². The summed E-state index contributed by atoms with van der Waals surface area (Å²) in [7, 11) is 0. The molecule has 0 radical (unpaired) electrons. The molecular formula is C18H26. The highest BCUT2D eigenvalue weighted by molar-refractivity contribution is 5.25. The highest BCUT2D eigenvalue weighted by Gasteiger charge is 2.22. The summed E-state index contributed by atoms with van der Waals surface area (Å²) in [6.45, 7) is 14.5. The van der Waals surface area contributed by atoms with Gasteiger partial charge in [-0.05, 0) is 26.2 Å². The van der Waals surface area contributed by atoms with Gasteiger partial charge >= 0.3 is 0 Å². The summed E-state index contributed by atoms with van der Waals surface area (Å²) in [5.74, 6) is 0. The first-order valence-electron chi connectivity index (χ1n) is 6.72. The van der Waals surface area contributed by atoms with Crippen LogP contribution in [0.4, 0.5) is 0 Å². The van der Waals surface area contributed by atoms with Crippen LogP contribution >= 0.6 is 0 Å². The molecule has 98 valence electrons. The van der Waals surface area contributed by atoms with Gasteiger partial charge in [-0.15, -0.1) is 13.2 Å². The van der Waals surface area contributed by atoms with E-state index >= 15 is 0 Å². The topological polar surface area (TPSA) is 0 Å². The quantitative estimate of drug-likeness (QED) is 0.549. The van der Waals surface area contributed by atoms with Crippen LogP contribution in [0.5, 0.6) is 0 Å². The molecule has 0 fully saturated rings. The van der Waals surface area contributed by atoms with Crippen molar-refractivity contribution in [1.29, 1.82) is 0 Å². The first-order valence-corrected chi connectivity index (χ1v) is 6.72. The Morgan fingerprint density at radius 2 is 1.61 bits per heavy atom. The molecule has 0 nitrogen and oxygen atoms in total. The standard InChI is InChI=1S/C18H26/c1-6-7-10-17(4)11-8-9-12-18(5,14-13-17)15-16(2)3/h6,8-9,11-14H,1-2,7,10,15H2,3-5H3. The van der Waals surface area contributed by atoms with E-state index in [1.54, 1.807) is 0 Å². The molecule has 0 aliphatic heterocycles. The van der Waals surface area contributed by atoms with Crippen LogP contribution in [0.2, 0.25) is 0 Å². The van der Waals surface area contributed by atoms with Crippen molar-refractivity contribution in [3.05, 3.63) is 61.3 Å². The first-order chi connectivity index (χ1) is 8.39. The number of rotatable bonds is 5. The Labute approximate surface area is 112 Å². The van der Waals surface area contributed by atoms with E-state index in [-0.39, 0.29) is 10.8 Å². The fourth-order valence-corrected chi connectivity index (χ4v) is 2.39. The van der Waals surface area contributed by atoms with Crippen molar-refractivity contribution >= 4 is 0 Å². The molecule has 0 aromatic rings. The average Bonchev–Trinajstić information content (AvgIpc) is 2.28. The average molecular weight is 242 g/mol. The highest BCUT2D eigenvalue weighted by Crippen LogP contribution is 2.35. The fourth-order valence-electron chi connectivity index (χ4n) is 2.39. The summed E-state index contributed by atoms with van der Waals surface area (Å²) in [4.78, 5) is 0. The highest BCUT2D eigenvalue weighted by atomic mass is 14.3. The van der Waals surface area contributed by atoms with Crippen LogP contribution in [0.15, 0.2) is 61.3 Å². The van der Waals surface area contributed by atoms with Crippen molar-refractivity contribution in [1.82, 2.24) is 0 Å². The minimum Gasteiger partial charge on any atom is -0.103 e. The van der Waals surface area contributed by atoms with E-state index in [4.69, 9.17) is 0 Å². The lowest BCUT2D eigenvalue weighted by atomic mass is 9.77. The fraction of sp³-hybridized carbons (Fsp3) is 0.444. The van der Waals surface area contributed by atoms with Gasteiger partial charge in [0.2, 0.25) is 0 Å². The monoisotopic (exact) mass is 242 g/mol. The van der Waals surface area contributed by atoms with Crippen molar-refractivity contribution in [3.63, 3.8) is 0 Å². The third-order valence-electron chi connectivity index (χ3n) is 3.48. The molecule has 2 unspecified atom stereocenters. The Bertz CT molecular complexity index is 394. The number of hydrogen-bond donors (Lipinski definition) is 0. The molecular weight excluding hydrogens is 216 g/mol. The Balaban J connectivity index is 2.94. The molecule has 2 atom stereocenters. The van der Waals surface area contributed by atoms with Crippen LogP contribution in [0.1, 0.15) is 40.0 Å².